The van der Waals surface area contributed by atoms with Crippen LogP contribution in [0.1, 0.15) is 25.0 Å². The molecule has 2 aromatic heterocycles. The molecule has 2 N–H and O–H groups in total. The number of hydrogen-bond acceptors (Lipinski definition) is 3. The summed E-state index contributed by atoms with van der Waals surface area (Å²) in [5.74, 6) is 0. The first kappa shape index (κ1) is 16.8. The third-order valence-electron chi connectivity index (χ3n) is 3.21. The molecule has 0 atom stereocenters. The number of rotatable bonds is 8. The number of halogens is 1. The maximum Gasteiger partial charge on any atom is 0.315 e. The van der Waals surface area contributed by atoms with Crippen molar-refractivity contribution in [2.45, 2.75) is 25.8 Å². The molecule has 0 aliphatic rings. The van der Waals surface area contributed by atoms with Gasteiger partial charge in [-0.25, -0.2) is 9.78 Å². The van der Waals surface area contributed by atoms with Crippen LogP contribution in [0.25, 0.3) is 5.65 Å². The maximum absolute atomic E-state index is 11.7. The van der Waals surface area contributed by atoms with Gasteiger partial charge in [-0.05, 0) is 47.3 Å². The molecule has 2 rings (SSSR count). The molecule has 0 saturated heterocycles. The fourth-order valence-electron chi connectivity index (χ4n) is 2.09. The summed E-state index contributed by atoms with van der Waals surface area (Å²) in [5.41, 5.74) is 1.69. The van der Waals surface area contributed by atoms with Crippen LogP contribution in [0.3, 0.4) is 0 Å². The van der Waals surface area contributed by atoms with Crippen molar-refractivity contribution in [1.82, 2.24) is 20.0 Å². The average molecular weight is 369 g/mol. The van der Waals surface area contributed by atoms with Crippen molar-refractivity contribution < 1.29 is 9.53 Å². The van der Waals surface area contributed by atoms with E-state index >= 15 is 0 Å². The number of urea groups is 1. The minimum atomic E-state index is -0.162. The van der Waals surface area contributed by atoms with E-state index in [9.17, 15) is 4.79 Å². The predicted octanol–water partition coefficient (Wildman–Crippen LogP) is 2.71. The van der Waals surface area contributed by atoms with E-state index in [1.165, 1.54) is 0 Å². The molecule has 0 aliphatic heterocycles. The quantitative estimate of drug-likeness (QED) is 0.703. The standard InChI is InChI=1S/C15H21BrN4O2/c1-22-8-4-2-3-7-17-15(21)18-9-13-11-20-10-12(16)5-6-14(20)19-13/h5-6,10-11H,2-4,7-9H2,1H3,(H2,17,18,21). The van der Waals surface area contributed by atoms with Crippen molar-refractivity contribution in [2.24, 2.45) is 0 Å². The number of imidazole rings is 1. The molecule has 2 amide bonds. The predicted molar refractivity (Wildman–Crippen MR) is 88.9 cm³/mol. The van der Waals surface area contributed by atoms with Gasteiger partial charge in [0.1, 0.15) is 5.65 Å². The SMILES string of the molecule is COCCCCCNC(=O)NCc1cn2cc(Br)ccc2n1. The number of pyridine rings is 1. The van der Waals surface area contributed by atoms with Gasteiger partial charge in [0.15, 0.2) is 0 Å². The highest BCUT2D eigenvalue weighted by Gasteiger charge is 2.04. The second-order valence-corrected chi connectivity index (χ2v) is 5.92. The summed E-state index contributed by atoms with van der Waals surface area (Å²) in [6.45, 7) is 1.86. The molecule has 22 heavy (non-hydrogen) atoms. The van der Waals surface area contributed by atoms with E-state index in [0.29, 0.717) is 13.1 Å². The summed E-state index contributed by atoms with van der Waals surface area (Å²) in [7, 11) is 1.70. The first-order chi connectivity index (χ1) is 10.7. The van der Waals surface area contributed by atoms with Gasteiger partial charge in [-0.15, -0.1) is 0 Å². The molecule has 0 spiro atoms. The molecular formula is C15H21BrN4O2. The van der Waals surface area contributed by atoms with Crippen LogP contribution in [0.4, 0.5) is 4.79 Å². The molecular weight excluding hydrogens is 348 g/mol. The van der Waals surface area contributed by atoms with Crippen molar-refractivity contribution in [3.63, 3.8) is 0 Å². The molecule has 0 bridgehead atoms. The van der Waals surface area contributed by atoms with E-state index in [1.54, 1.807) is 7.11 Å². The lowest BCUT2D eigenvalue weighted by molar-refractivity contribution is 0.192. The third-order valence-corrected chi connectivity index (χ3v) is 3.67. The Kier molecular flexibility index (Phi) is 6.67. The van der Waals surface area contributed by atoms with Crippen LogP contribution in [0.15, 0.2) is 29.0 Å². The topological polar surface area (TPSA) is 67.7 Å². The molecule has 0 fully saturated rings. The molecule has 2 aromatic rings. The lowest BCUT2D eigenvalue weighted by Crippen LogP contribution is -2.35. The van der Waals surface area contributed by atoms with Gasteiger partial charge in [-0.1, -0.05) is 0 Å². The maximum atomic E-state index is 11.7. The van der Waals surface area contributed by atoms with Gasteiger partial charge in [-0.3, -0.25) is 0 Å². The Labute approximate surface area is 138 Å². The molecule has 7 heteroatoms. The first-order valence-corrected chi connectivity index (χ1v) is 8.12. The zero-order chi connectivity index (χ0) is 15.8. The van der Waals surface area contributed by atoms with Crippen molar-refractivity contribution in [3.8, 4) is 0 Å². The Hall–Kier alpha value is -1.60. The van der Waals surface area contributed by atoms with E-state index < -0.39 is 0 Å². The Morgan fingerprint density at radius 2 is 2.14 bits per heavy atom. The summed E-state index contributed by atoms with van der Waals surface area (Å²) >= 11 is 3.42. The van der Waals surface area contributed by atoms with Crippen LogP contribution >= 0.6 is 15.9 Å². The van der Waals surface area contributed by atoms with Gasteiger partial charge in [0.25, 0.3) is 0 Å². The molecule has 0 saturated carbocycles. The molecule has 0 aliphatic carbocycles. The van der Waals surface area contributed by atoms with Crippen molar-refractivity contribution >= 4 is 27.6 Å². The van der Waals surface area contributed by atoms with Gasteiger partial charge >= 0.3 is 6.03 Å². The number of carbonyl (C=O) groups excluding carboxylic acids is 1. The molecule has 6 nitrogen and oxygen atoms in total. The van der Waals surface area contributed by atoms with Crippen LogP contribution in [0.5, 0.6) is 0 Å². The highest BCUT2D eigenvalue weighted by Crippen LogP contribution is 2.12. The highest BCUT2D eigenvalue weighted by molar-refractivity contribution is 9.10. The van der Waals surface area contributed by atoms with Gasteiger partial charge in [0.2, 0.25) is 0 Å². The second-order valence-electron chi connectivity index (χ2n) is 5.01. The number of nitrogens with one attached hydrogen (secondary N) is 2. The Morgan fingerprint density at radius 1 is 1.27 bits per heavy atom. The van der Waals surface area contributed by atoms with E-state index in [2.05, 4.69) is 31.5 Å². The average Bonchev–Trinajstić information content (AvgIpc) is 2.90. The number of nitrogens with zero attached hydrogens (tertiary/aromatic N) is 2. The number of hydrogen-bond donors (Lipinski definition) is 2. The molecule has 0 aromatic carbocycles. The van der Waals surface area contributed by atoms with E-state index in [-0.39, 0.29) is 6.03 Å². The van der Waals surface area contributed by atoms with Crippen molar-refractivity contribution in [3.05, 3.63) is 34.7 Å². The zero-order valence-electron chi connectivity index (χ0n) is 12.6. The van der Waals surface area contributed by atoms with Crippen LogP contribution in [0.2, 0.25) is 0 Å². The Bertz CT molecular complexity index is 615. The van der Waals surface area contributed by atoms with Crippen molar-refractivity contribution in [2.75, 3.05) is 20.3 Å². The summed E-state index contributed by atoms with van der Waals surface area (Å²) in [6, 6.07) is 3.70. The van der Waals surface area contributed by atoms with Gasteiger partial charge in [0, 0.05) is 37.1 Å². The summed E-state index contributed by atoms with van der Waals surface area (Å²) in [5, 5.41) is 5.65. The summed E-state index contributed by atoms with van der Waals surface area (Å²) in [6.07, 6.45) is 6.88. The van der Waals surface area contributed by atoms with E-state index in [4.69, 9.17) is 4.74 Å². The van der Waals surface area contributed by atoms with Gasteiger partial charge in [0.05, 0.1) is 12.2 Å². The minimum absolute atomic E-state index is 0.162. The molecule has 0 unspecified atom stereocenters. The number of carbonyl (C=O) groups is 1. The fourth-order valence-corrected chi connectivity index (χ4v) is 2.44. The highest BCUT2D eigenvalue weighted by atomic mass is 79.9. The largest absolute Gasteiger partial charge is 0.385 e. The molecule has 2 heterocycles. The minimum Gasteiger partial charge on any atom is -0.385 e. The number of methoxy groups -OCH3 is 1. The molecule has 120 valence electrons. The number of aromatic nitrogens is 2. The normalized spacial score (nSPS) is 10.8. The second kappa shape index (κ2) is 8.75. The lowest BCUT2D eigenvalue weighted by Gasteiger charge is -2.06. The number of fused-ring (bicyclic) bond motifs is 1. The van der Waals surface area contributed by atoms with Gasteiger partial charge in [-0.2, -0.15) is 0 Å². The smallest absolute Gasteiger partial charge is 0.315 e. The lowest BCUT2D eigenvalue weighted by atomic mass is 10.2. The Balaban J connectivity index is 1.69. The third kappa shape index (κ3) is 5.31. The van der Waals surface area contributed by atoms with E-state index in [1.807, 2.05) is 28.9 Å². The molecule has 0 radical (unpaired) electrons. The number of unbranched alkanes of at least 4 members (excludes halogenated alkanes) is 2. The Morgan fingerprint density at radius 3 is 2.95 bits per heavy atom. The van der Waals surface area contributed by atoms with E-state index in [0.717, 1.165) is 41.7 Å². The van der Waals surface area contributed by atoms with Crippen molar-refractivity contribution in [1.29, 1.82) is 0 Å². The fraction of sp³-hybridized carbons (Fsp3) is 0.467. The van der Waals surface area contributed by atoms with Crippen LogP contribution in [-0.4, -0.2) is 35.7 Å². The zero-order valence-corrected chi connectivity index (χ0v) is 14.2. The number of amides is 2. The van der Waals surface area contributed by atoms with Crippen LogP contribution in [0, 0.1) is 0 Å². The number of ether oxygens (including phenoxy) is 1. The van der Waals surface area contributed by atoms with Crippen LogP contribution < -0.4 is 10.6 Å². The van der Waals surface area contributed by atoms with Crippen LogP contribution in [-0.2, 0) is 11.3 Å². The monoisotopic (exact) mass is 368 g/mol. The summed E-state index contributed by atoms with van der Waals surface area (Å²) < 4.78 is 7.89. The van der Waals surface area contributed by atoms with Gasteiger partial charge < -0.3 is 19.8 Å². The first-order valence-electron chi connectivity index (χ1n) is 7.33. The summed E-state index contributed by atoms with van der Waals surface area (Å²) in [4.78, 5) is 16.1.